The topological polar surface area (TPSA) is 46.2 Å². The minimum Gasteiger partial charge on any atom is -0.493 e. The average Bonchev–Trinajstić information content (AvgIpc) is 2.66. The van der Waals surface area contributed by atoms with E-state index >= 15 is 0 Å². The lowest BCUT2D eigenvalue weighted by atomic mass is 9.90. The van der Waals surface area contributed by atoms with Gasteiger partial charge < -0.3 is 28.2 Å². The maximum atomic E-state index is 6.30. The van der Waals surface area contributed by atoms with Gasteiger partial charge >= 0.3 is 0 Å². The first-order chi connectivity index (χ1) is 12.7. The number of rotatable bonds is 5. The molecule has 2 aliphatic heterocycles. The van der Waals surface area contributed by atoms with Gasteiger partial charge in [-0.1, -0.05) is 6.07 Å². The number of ether oxygens (including phenoxy) is 5. The lowest BCUT2D eigenvalue weighted by Crippen LogP contribution is -2.55. The molecule has 1 aliphatic carbocycles. The highest BCUT2D eigenvalue weighted by Crippen LogP contribution is 2.44. The molecule has 1 aromatic rings. The Kier molecular flexibility index (Phi) is 5.25. The minimum absolute atomic E-state index is 0.0331. The Bertz CT molecular complexity index is 616. The Labute approximate surface area is 155 Å². The molecule has 0 N–H and O–H groups in total. The van der Waals surface area contributed by atoms with Crippen molar-refractivity contribution in [2.45, 2.75) is 37.6 Å². The van der Waals surface area contributed by atoms with Crippen molar-refractivity contribution in [2.24, 2.45) is 0 Å². The molecule has 3 aliphatic rings. The van der Waals surface area contributed by atoms with E-state index in [1.54, 1.807) is 7.11 Å². The fourth-order valence-electron chi connectivity index (χ4n) is 4.14. The highest BCUT2D eigenvalue weighted by molar-refractivity contribution is 5.52. The number of fused-ring (bicyclic) bond motifs is 2. The van der Waals surface area contributed by atoms with Crippen molar-refractivity contribution in [3.05, 3.63) is 18.2 Å². The fourth-order valence-corrected chi connectivity index (χ4v) is 4.14. The van der Waals surface area contributed by atoms with Crippen molar-refractivity contribution < 1.29 is 28.2 Å². The molecule has 1 saturated heterocycles. The quantitative estimate of drug-likeness (QED) is 0.750. The van der Waals surface area contributed by atoms with E-state index in [1.165, 1.54) is 0 Å². The zero-order valence-corrected chi connectivity index (χ0v) is 15.8. The largest absolute Gasteiger partial charge is 0.493 e. The number of methoxy groups -OCH3 is 1. The molecule has 6 nitrogen and oxygen atoms in total. The number of hydrogen-bond donors (Lipinski definition) is 0. The molecule has 1 aromatic carbocycles. The van der Waals surface area contributed by atoms with Crippen LogP contribution in [0.25, 0.3) is 0 Å². The molecule has 1 saturated carbocycles. The smallest absolute Gasteiger partial charge is 0.203 e. The van der Waals surface area contributed by atoms with Gasteiger partial charge in [0, 0.05) is 0 Å². The molecule has 6 heteroatoms. The fraction of sp³-hybridized carbons (Fsp3) is 0.700. The Balaban J connectivity index is 1.39. The van der Waals surface area contributed by atoms with Gasteiger partial charge in [0.1, 0.15) is 25.7 Å². The summed E-state index contributed by atoms with van der Waals surface area (Å²) in [5.74, 6) is 2.21. The third-order valence-corrected chi connectivity index (χ3v) is 5.92. The van der Waals surface area contributed by atoms with Crippen LogP contribution < -0.4 is 14.2 Å². The summed E-state index contributed by atoms with van der Waals surface area (Å²) in [6, 6.07) is 5.79. The van der Waals surface area contributed by atoms with Crippen LogP contribution in [0, 0.1) is 0 Å². The van der Waals surface area contributed by atoms with Crippen LogP contribution in [0.2, 0.25) is 0 Å². The molecular weight excluding hydrogens is 334 g/mol. The second-order valence-corrected chi connectivity index (χ2v) is 7.77. The summed E-state index contributed by atoms with van der Waals surface area (Å²) >= 11 is 0. The Morgan fingerprint density at radius 1 is 1.15 bits per heavy atom. The molecule has 4 rings (SSSR count). The third-order valence-electron chi connectivity index (χ3n) is 5.92. The van der Waals surface area contributed by atoms with Crippen LogP contribution in [0.15, 0.2) is 18.2 Å². The monoisotopic (exact) mass is 364 g/mol. The first-order valence-electron chi connectivity index (χ1n) is 9.72. The normalized spacial score (nSPS) is 29.7. The van der Waals surface area contributed by atoms with E-state index in [-0.39, 0.29) is 18.3 Å². The van der Waals surface area contributed by atoms with Crippen LogP contribution in [-0.2, 0) is 9.47 Å². The molecule has 2 heterocycles. The highest BCUT2D eigenvalue weighted by Gasteiger charge is 2.42. The SMILES string of the molecule is COc1cccc2c1OC1CCCC(OCC[N+]3(C)CCOCC3)C1O2. The number of para-hydroxylation sites is 1. The van der Waals surface area contributed by atoms with E-state index in [4.69, 9.17) is 23.7 Å². The van der Waals surface area contributed by atoms with E-state index in [9.17, 15) is 0 Å². The molecule has 3 atom stereocenters. The van der Waals surface area contributed by atoms with Crippen LogP contribution in [0.5, 0.6) is 17.2 Å². The summed E-state index contributed by atoms with van der Waals surface area (Å²) in [5.41, 5.74) is 0. The van der Waals surface area contributed by atoms with Crippen molar-refractivity contribution in [1.29, 1.82) is 0 Å². The van der Waals surface area contributed by atoms with Crippen LogP contribution in [0.1, 0.15) is 19.3 Å². The van der Waals surface area contributed by atoms with Crippen molar-refractivity contribution in [2.75, 3.05) is 53.6 Å². The molecule has 0 radical (unpaired) electrons. The molecule has 0 amide bonds. The van der Waals surface area contributed by atoms with Crippen molar-refractivity contribution in [3.63, 3.8) is 0 Å². The molecule has 3 unspecified atom stereocenters. The number of morpholine rings is 1. The van der Waals surface area contributed by atoms with Crippen LogP contribution in [0.3, 0.4) is 0 Å². The molecule has 144 valence electrons. The molecule has 2 fully saturated rings. The summed E-state index contributed by atoms with van der Waals surface area (Å²) < 4.78 is 30.8. The van der Waals surface area contributed by atoms with Crippen molar-refractivity contribution >= 4 is 0 Å². The van der Waals surface area contributed by atoms with Gasteiger partial charge in [-0.3, -0.25) is 0 Å². The van der Waals surface area contributed by atoms with Crippen LogP contribution in [-0.4, -0.2) is 76.4 Å². The Morgan fingerprint density at radius 2 is 2.00 bits per heavy atom. The molecule has 0 aromatic heterocycles. The number of nitrogens with zero attached hydrogens (tertiary/aromatic N) is 1. The Morgan fingerprint density at radius 3 is 2.81 bits per heavy atom. The second-order valence-electron chi connectivity index (χ2n) is 7.77. The highest BCUT2D eigenvalue weighted by atomic mass is 16.6. The van der Waals surface area contributed by atoms with E-state index in [0.717, 1.165) is 80.4 Å². The predicted molar refractivity (Wildman–Crippen MR) is 97.0 cm³/mol. The van der Waals surface area contributed by atoms with Crippen LogP contribution >= 0.6 is 0 Å². The number of hydrogen-bond acceptors (Lipinski definition) is 5. The molecule has 26 heavy (non-hydrogen) atoms. The zero-order chi connectivity index (χ0) is 18.0. The lowest BCUT2D eigenvalue weighted by Gasteiger charge is -2.42. The standard InChI is InChI=1S/C20H30NO5/c1-21(9-12-23-13-10-21)11-14-24-16-6-4-8-18-20(16)26-17-7-3-5-15(22-2)19(17)25-18/h3,5,7,16,18,20H,4,6,8-14H2,1-2H3/q+1. The van der Waals surface area contributed by atoms with Gasteiger partial charge in [-0.25, -0.2) is 0 Å². The van der Waals surface area contributed by atoms with Gasteiger partial charge in [0.05, 0.1) is 40.1 Å². The van der Waals surface area contributed by atoms with E-state index in [0.29, 0.717) is 0 Å². The maximum absolute atomic E-state index is 6.30. The molecular formula is C20H30NO5+. The first-order valence-corrected chi connectivity index (χ1v) is 9.72. The molecule has 0 bridgehead atoms. The predicted octanol–water partition coefficient (Wildman–Crippen LogP) is 2.25. The van der Waals surface area contributed by atoms with Crippen LogP contribution in [0.4, 0.5) is 0 Å². The Hall–Kier alpha value is -1.50. The van der Waals surface area contributed by atoms with E-state index < -0.39 is 0 Å². The second kappa shape index (κ2) is 7.62. The van der Waals surface area contributed by atoms with Gasteiger partial charge in [-0.15, -0.1) is 0 Å². The van der Waals surface area contributed by atoms with E-state index in [1.807, 2.05) is 18.2 Å². The summed E-state index contributed by atoms with van der Waals surface area (Å²) in [4.78, 5) is 0. The van der Waals surface area contributed by atoms with Gasteiger partial charge in [0.25, 0.3) is 0 Å². The average molecular weight is 364 g/mol. The summed E-state index contributed by atoms with van der Waals surface area (Å²) in [6.07, 6.45) is 3.19. The summed E-state index contributed by atoms with van der Waals surface area (Å²) in [6.45, 7) is 5.58. The summed E-state index contributed by atoms with van der Waals surface area (Å²) in [7, 11) is 3.95. The minimum atomic E-state index is -0.0432. The van der Waals surface area contributed by atoms with Gasteiger partial charge in [0.15, 0.2) is 17.6 Å². The van der Waals surface area contributed by atoms with Crippen molar-refractivity contribution in [3.8, 4) is 17.2 Å². The van der Waals surface area contributed by atoms with Gasteiger partial charge in [-0.05, 0) is 31.4 Å². The lowest BCUT2D eigenvalue weighted by molar-refractivity contribution is -0.917. The zero-order valence-electron chi connectivity index (χ0n) is 15.8. The first kappa shape index (κ1) is 17.9. The van der Waals surface area contributed by atoms with Crippen molar-refractivity contribution in [1.82, 2.24) is 0 Å². The number of quaternary nitrogens is 1. The third kappa shape index (κ3) is 3.63. The number of likely N-dealkylation sites (N-methyl/N-ethyl adjacent to an activating group) is 1. The maximum Gasteiger partial charge on any atom is 0.203 e. The van der Waals surface area contributed by atoms with Gasteiger partial charge in [0.2, 0.25) is 5.75 Å². The van der Waals surface area contributed by atoms with Gasteiger partial charge in [-0.2, -0.15) is 0 Å². The molecule has 0 spiro atoms. The summed E-state index contributed by atoms with van der Waals surface area (Å²) in [5, 5.41) is 0. The van der Waals surface area contributed by atoms with E-state index in [2.05, 4.69) is 7.05 Å². The number of benzene rings is 1.